The highest BCUT2D eigenvalue weighted by atomic mass is 79.9. The lowest BCUT2D eigenvalue weighted by Gasteiger charge is -2.00. The van der Waals surface area contributed by atoms with Gasteiger partial charge in [-0.25, -0.2) is 4.98 Å². The minimum absolute atomic E-state index is 0.469. The third-order valence-corrected chi connectivity index (χ3v) is 4.67. The van der Waals surface area contributed by atoms with Crippen LogP contribution < -0.4 is 0 Å². The quantitative estimate of drug-likeness (QED) is 0.878. The van der Waals surface area contributed by atoms with Crippen LogP contribution in [0.15, 0.2) is 27.0 Å². The lowest BCUT2D eigenvalue weighted by molar-refractivity contribution is -0.136. The van der Waals surface area contributed by atoms with E-state index >= 15 is 0 Å². The first kappa shape index (κ1) is 11.9. The van der Waals surface area contributed by atoms with E-state index in [0.717, 1.165) is 19.0 Å². The van der Waals surface area contributed by atoms with E-state index in [-0.39, 0.29) is 0 Å². The van der Waals surface area contributed by atoms with Crippen molar-refractivity contribution < 1.29 is 9.90 Å². The number of fused-ring (bicyclic) bond motifs is 1. The summed E-state index contributed by atoms with van der Waals surface area (Å²) in [5.74, 6) is -0.814. The number of rotatable bonds is 3. The number of aromatic nitrogens is 1. The van der Waals surface area contributed by atoms with Crippen molar-refractivity contribution >= 4 is 55.2 Å². The molecule has 1 heterocycles. The molecule has 0 aliphatic rings. The first-order valence-corrected chi connectivity index (χ1v) is 7.01. The smallest absolute Gasteiger partial charge is 0.316 e. The average Bonchev–Trinajstić information content (AvgIpc) is 2.58. The molecule has 1 aromatic heterocycles. The summed E-state index contributed by atoms with van der Waals surface area (Å²) >= 11 is 6.17. The number of carboxylic acid groups (broad SMARTS) is 1. The fourth-order valence-corrected chi connectivity index (χ4v) is 3.61. The van der Waals surface area contributed by atoms with Crippen molar-refractivity contribution in [1.82, 2.24) is 4.98 Å². The number of nitrogens with zero attached hydrogens (tertiary/aromatic N) is 1. The largest absolute Gasteiger partial charge is 0.480 e. The van der Waals surface area contributed by atoms with Gasteiger partial charge >= 0.3 is 5.97 Å². The van der Waals surface area contributed by atoms with Crippen molar-refractivity contribution in [3.63, 3.8) is 0 Å². The first-order valence-electron chi connectivity index (χ1n) is 4.52. The minimum Gasteiger partial charge on any atom is -0.480 e. The van der Waals surface area contributed by atoms with Crippen LogP contribution in [0.1, 0.15) is 6.92 Å². The van der Waals surface area contributed by atoms with Crippen molar-refractivity contribution in [2.45, 2.75) is 16.5 Å². The van der Waals surface area contributed by atoms with Crippen molar-refractivity contribution in [3.8, 4) is 0 Å². The molecule has 0 saturated carbocycles. The number of carbonyl (C=O) groups is 1. The topological polar surface area (TPSA) is 50.2 Å². The second kappa shape index (κ2) is 4.73. The number of hydrogen-bond donors (Lipinski definition) is 1. The summed E-state index contributed by atoms with van der Waals surface area (Å²) in [6, 6.07) is 5.86. The van der Waals surface area contributed by atoms with Crippen LogP contribution in [0.3, 0.4) is 0 Å². The van der Waals surface area contributed by atoms with Gasteiger partial charge in [0, 0.05) is 4.47 Å². The number of carboxylic acids is 1. The summed E-state index contributed by atoms with van der Waals surface area (Å²) in [6.07, 6.45) is 0. The Labute approximate surface area is 109 Å². The maximum Gasteiger partial charge on any atom is 0.316 e. The van der Waals surface area contributed by atoms with Gasteiger partial charge in [-0.05, 0) is 25.1 Å². The van der Waals surface area contributed by atoms with Crippen molar-refractivity contribution in [3.05, 3.63) is 22.7 Å². The number of halogens is 1. The Bertz CT molecular complexity index is 541. The van der Waals surface area contributed by atoms with Gasteiger partial charge in [0.05, 0.1) is 10.2 Å². The van der Waals surface area contributed by atoms with Gasteiger partial charge in [-0.3, -0.25) is 4.79 Å². The van der Waals surface area contributed by atoms with Gasteiger partial charge in [0.2, 0.25) is 0 Å². The zero-order valence-electron chi connectivity index (χ0n) is 8.31. The van der Waals surface area contributed by atoms with Crippen LogP contribution >= 0.6 is 39.0 Å². The third kappa shape index (κ3) is 2.56. The molecule has 0 fully saturated rings. The predicted molar refractivity (Wildman–Crippen MR) is 70.3 cm³/mol. The van der Waals surface area contributed by atoms with E-state index in [4.69, 9.17) is 5.11 Å². The fourth-order valence-electron chi connectivity index (χ4n) is 1.13. The number of thioether (sulfide) groups is 1. The van der Waals surface area contributed by atoms with Crippen LogP contribution in [0.25, 0.3) is 10.2 Å². The third-order valence-electron chi connectivity index (χ3n) is 1.96. The first-order chi connectivity index (χ1) is 7.56. The van der Waals surface area contributed by atoms with Crippen LogP contribution in [0.5, 0.6) is 0 Å². The molecule has 0 amide bonds. The summed E-state index contributed by atoms with van der Waals surface area (Å²) < 4.78 is 2.85. The van der Waals surface area contributed by atoms with Crippen molar-refractivity contribution in [2.24, 2.45) is 0 Å². The molecule has 1 N–H and O–H groups in total. The van der Waals surface area contributed by atoms with Gasteiger partial charge in [0.15, 0.2) is 4.34 Å². The molecule has 0 spiro atoms. The number of benzene rings is 1. The molecule has 0 bridgehead atoms. The molecular formula is C10H8BrNO2S2. The Morgan fingerprint density at radius 1 is 1.62 bits per heavy atom. The molecule has 6 heteroatoms. The van der Waals surface area contributed by atoms with E-state index in [0.29, 0.717) is 0 Å². The second-order valence-electron chi connectivity index (χ2n) is 3.19. The molecule has 0 aliphatic heterocycles. The van der Waals surface area contributed by atoms with Gasteiger partial charge in [-0.2, -0.15) is 0 Å². The predicted octanol–water partition coefficient (Wildman–Crippen LogP) is 3.62. The van der Waals surface area contributed by atoms with Crippen molar-refractivity contribution in [2.75, 3.05) is 0 Å². The summed E-state index contributed by atoms with van der Waals surface area (Å²) in [5, 5.41) is 8.34. The molecule has 1 unspecified atom stereocenters. The maximum atomic E-state index is 10.7. The monoisotopic (exact) mass is 317 g/mol. The van der Waals surface area contributed by atoms with Gasteiger partial charge in [0.1, 0.15) is 5.25 Å². The number of thiazole rings is 1. The average molecular weight is 318 g/mol. The van der Waals surface area contributed by atoms with Gasteiger partial charge in [-0.1, -0.05) is 27.7 Å². The fraction of sp³-hybridized carbons (Fsp3) is 0.200. The van der Waals surface area contributed by atoms with Crippen LogP contribution in [-0.4, -0.2) is 21.3 Å². The highest BCUT2D eigenvalue weighted by Gasteiger charge is 2.15. The standard InChI is InChI=1S/C10H8BrNO2S2/c1-5(9(13)14)15-10-12-7-4-6(11)2-3-8(7)16-10/h2-5H,1H3,(H,13,14). The normalized spacial score (nSPS) is 12.9. The molecule has 1 atom stereocenters. The van der Waals surface area contributed by atoms with E-state index in [9.17, 15) is 4.79 Å². The van der Waals surface area contributed by atoms with E-state index in [1.807, 2.05) is 18.2 Å². The number of aliphatic carboxylic acids is 1. The number of hydrogen-bond acceptors (Lipinski definition) is 4. The Morgan fingerprint density at radius 3 is 3.06 bits per heavy atom. The zero-order valence-corrected chi connectivity index (χ0v) is 11.5. The van der Waals surface area contributed by atoms with Crippen LogP contribution in [0.4, 0.5) is 0 Å². The summed E-state index contributed by atoms with van der Waals surface area (Å²) in [5.41, 5.74) is 0.902. The Kier molecular flexibility index (Phi) is 3.51. The highest BCUT2D eigenvalue weighted by molar-refractivity contribution is 9.10. The summed E-state index contributed by atoms with van der Waals surface area (Å²) in [7, 11) is 0. The molecule has 0 aliphatic carbocycles. The molecule has 1 aromatic carbocycles. The van der Waals surface area contributed by atoms with Gasteiger partial charge < -0.3 is 5.11 Å². The van der Waals surface area contributed by atoms with Crippen LogP contribution in [-0.2, 0) is 4.79 Å². The molecule has 0 saturated heterocycles. The van der Waals surface area contributed by atoms with Crippen LogP contribution in [0, 0.1) is 0 Å². The summed E-state index contributed by atoms with van der Waals surface area (Å²) in [6.45, 7) is 1.66. The van der Waals surface area contributed by atoms with Crippen LogP contribution in [0.2, 0.25) is 0 Å². The molecular weight excluding hydrogens is 310 g/mol. The Hall–Kier alpha value is -0.590. The Morgan fingerprint density at radius 2 is 2.38 bits per heavy atom. The molecule has 0 radical (unpaired) electrons. The Balaban J connectivity index is 2.29. The van der Waals surface area contributed by atoms with Gasteiger partial charge in [-0.15, -0.1) is 11.3 Å². The molecule has 16 heavy (non-hydrogen) atoms. The van der Waals surface area contributed by atoms with Crippen molar-refractivity contribution in [1.29, 1.82) is 0 Å². The van der Waals surface area contributed by atoms with E-state index in [1.54, 1.807) is 6.92 Å². The molecule has 84 valence electrons. The minimum atomic E-state index is -0.814. The highest BCUT2D eigenvalue weighted by Crippen LogP contribution is 2.33. The van der Waals surface area contributed by atoms with E-state index in [1.165, 1.54) is 23.1 Å². The maximum absolute atomic E-state index is 10.7. The lowest BCUT2D eigenvalue weighted by Crippen LogP contribution is -2.10. The SMILES string of the molecule is CC(Sc1nc2cc(Br)ccc2s1)C(=O)O. The van der Waals surface area contributed by atoms with E-state index < -0.39 is 11.2 Å². The second-order valence-corrected chi connectivity index (χ2v) is 6.72. The lowest BCUT2D eigenvalue weighted by atomic mass is 10.3. The molecule has 3 nitrogen and oxygen atoms in total. The summed E-state index contributed by atoms with van der Waals surface area (Å²) in [4.78, 5) is 15.1. The zero-order chi connectivity index (χ0) is 11.7. The van der Waals surface area contributed by atoms with E-state index in [2.05, 4.69) is 20.9 Å². The van der Waals surface area contributed by atoms with Gasteiger partial charge in [0.25, 0.3) is 0 Å². The molecule has 2 aromatic rings. The molecule has 2 rings (SSSR count).